The minimum Gasteiger partial charge on any atom is -0.460 e. The Hall–Kier alpha value is -1.89. The maximum absolute atomic E-state index is 13.8. The number of rotatable bonds is 5. The topological polar surface area (TPSA) is 35.5 Å². The van der Waals surface area contributed by atoms with Crippen LogP contribution in [0.3, 0.4) is 0 Å². The summed E-state index contributed by atoms with van der Waals surface area (Å²) in [5, 5.41) is 0. The molecule has 44 heavy (non-hydrogen) atoms. The lowest BCUT2D eigenvalue weighted by molar-refractivity contribution is -0.194. The molecule has 5 aliphatic carbocycles. The molecule has 0 heterocycles. The summed E-state index contributed by atoms with van der Waals surface area (Å²) < 4.78 is 50.3. The maximum atomic E-state index is 13.8. The third-order valence-corrected chi connectivity index (χ3v) is 13.3. The van der Waals surface area contributed by atoms with Gasteiger partial charge in [-0.25, -0.2) is 0 Å². The zero-order chi connectivity index (χ0) is 32.0. The second kappa shape index (κ2) is 12.4. The van der Waals surface area contributed by atoms with Crippen molar-refractivity contribution in [2.75, 3.05) is 0 Å². The van der Waals surface area contributed by atoms with Gasteiger partial charge in [-0.3, -0.25) is 4.79 Å². The molecule has 4 fully saturated rings. The van der Waals surface area contributed by atoms with Crippen molar-refractivity contribution in [1.29, 1.82) is 0 Å². The van der Waals surface area contributed by atoms with Gasteiger partial charge in [0, 0.05) is 5.41 Å². The van der Waals surface area contributed by atoms with Crippen molar-refractivity contribution in [3.8, 4) is 0 Å². The van der Waals surface area contributed by atoms with Crippen molar-refractivity contribution in [3.05, 3.63) is 60.4 Å². The first-order valence-corrected chi connectivity index (χ1v) is 17.4. The van der Waals surface area contributed by atoms with E-state index in [0.717, 1.165) is 69.8 Å². The van der Waals surface area contributed by atoms with Crippen LogP contribution in [0.25, 0.3) is 0 Å². The second-order valence-corrected chi connectivity index (χ2v) is 16.1. The largest absolute Gasteiger partial charge is 0.479 e. The number of esters is 1. The summed E-state index contributed by atoms with van der Waals surface area (Å²) in [6.45, 7) is 14.7. The Morgan fingerprint density at radius 2 is 1.66 bits per heavy atom. The molecule has 4 saturated carbocycles. The lowest BCUT2D eigenvalue weighted by Gasteiger charge is -2.68. The number of hydrogen-bond acceptors (Lipinski definition) is 4. The Kier molecular flexibility index (Phi) is 9.41. The number of fused-ring (bicyclic) bond motifs is 7. The summed E-state index contributed by atoms with van der Waals surface area (Å²) in [6.07, 6.45) is 14.0. The van der Waals surface area contributed by atoms with E-state index in [1.165, 1.54) is 0 Å². The molecule has 244 valence electrons. The average Bonchev–Trinajstić information content (AvgIpc) is 3.41. The van der Waals surface area contributed by atoms with Crippen LogP contribution in [0, 0.1) is 51.2 Å². The lowest BCUT2D eigenvalue weighted by atomic mass is 9.37. The third-order valence-electron chi connectivity index (χ3n) is 12.9. The minimum atomic E-state index is -4.41. The first kappa shape index (κ1) is 33.5. The van der Waals surface area contributed by atoms with Crippen molar-refractivity contribution in [2.24, 2.45) is 51.2 Å². The van der Waals surface area contributed by atoms with Gasteiger partial charge in [-0.15, -0.1) is 6.58 Å². The van der Waals surface area contributed by atoms with E-state index in [1.54, 1.807) is 6.08 Å². The molecule has 0 amide bonds. The molecule has 0 bridgehead atoms. The fourth-order valence-electron chi connectivity index (χ4n) is 11.3. The zero-order valence-corrected chi connectivity index (χ0v) is 28.0. The molecule has 8 atom stereocenters. The van der Waals surface area contributed by atoms with E-state index >= 15 is 0 Å². The number of ether oxygens (including phenoxy) is 1. The average molecular weight is 633 g/mol. The number of benzene rings is 1. The number of allylic oxidation sites excluding steroid dienone is 3. The molecule has 0 N–H and O–H groups in total. The van der Waals surface area contributed by atoms with Gasteiger partial charge in [0.15, 0.2) is 12.0 Å². The fourth-order valence-corrected chi connectivity index (χ4v) is 11.7. The normalized spacial score (nSPS) is 38.7. The Bertz CT molecular complexity index is 1230. The molecule has 3 nitrogen and oxygen atoms in total. The highest BCUT2D eigenvalue weighted by atomic mass is 32.2. The van der Waals surface area contributed by atoms with Crippen LogP contribution in [-0.4, -0.2) is 11.5 Å². The molecule has 5 aliphatic rings. The molecule has 1 aromatic rings. The van der Waals surface area contributed by atoms with Crippen LogP contribution in [0.1, 0.15) is 104 Å². The van der Waals surface area contributed by atoms with E-state index in [0.29, 0.717) is 36.0 Å². The van der Waals surface area contributed by atoms with Crippen LogP contribution in [0.2, 0.25) is 0 Å². The first-order chi connectivity index (χ1) is 20.7. The number of carbonyl (C=O) groups excluding carboxylic acids is 1. The van der Waals surface area contributed by atoms with Crippen LogP contribution in [0.15, 0.2) is 54.8 Å². The van der Waals surface area contributed by atoms with Gasteiger partial charge in [-0.05, 0) is 117 Å². The monoisotopic (exact) mass is 632 g/mol. The SMILES string of the molecule is C=CC.CC1(C)C(OSC(F)(F)F)=CCC2(C)C1CCC1(C)C3CCC4(C(=O)OCc5ccccc5)CCCC4C3CCC12. The standard InChI is InChI=1S/C34H45F3O3S.C3H6/c1-30(2)26-15-18-31(3)24-14-20-33(29(38)39-21-22-9-6-5-7-10-22)17-8-11-25(33)23(24)12-13-27(31)32(26,4)19-16-28(30)40-41-34(35,36)37;1-3-2/h5-7,9-10,16,23-27H,8,11-15,17-21H2,1-4H3;3H,1H2,2H3. The summed E-state index contributed by atoms with van der Waals surface area (Å²) in [6, 6.07) is 9.97. The predicted molar refractivity (Wildman–Crippen MR) is 171 cm³/mol. The third kappa shape index (κ3) is 5.77. The highest BCUT2D eigenvalue weighted by molar-refractivity contribution is 7.95. The number of halogens is 3. The van der Waals surface area contributed by atoms with Gasteiger partial charge in [0.2, 0.25) is 0 Å². The first-order valence-electron chi connectivity index (χ1n) is 16.6. The molecular weight excluding hydrogens is 581 g/mol. The van der Waals surface area contributed by atoms with Gasteiger partial charge < -0.3 is 8.92 Å². The number of alkyl halides is 3. The van der Waals surface area contributed by atoms with Crippen molar-refractivity contribution >= 4 is 18.0 Å². The van der Waals surface area contributed by atoms with Gasteiger partial charge in [-0.2, -0.15) is 13.2 Å². The lowest BCUT2D eigenvalue weighted by Crippen LogP contribution is -2.61. The van der Waals surface area contributed by atoms with Gasteiger partial charge in [-0.1, -0.05) is 70.5 Å². The molecule has 0 aliphatic heterocycles. The Morgan fingerprint density at radius 1 is 0.955 bits per heavy atom. The van der Waals surface area contributed by atoms with E-state index in [-0.39, 0.29) is 40.2 Å². The molecular formula is C37H51F3O3S. The number of carbonyl (C=O) groups is 1. The van der Waals surface area contributed by atoms with Crippen molar-refractivity contribution in [1.82, 2.24) is 0 Å². The Morgan fingerprint density at radius 3 is 2.34 bits per heavy atom. The molecule has 6 rings (SSSR count). The molecule has 7 heteroatoms. The second-order valence-electron chi connectivity index (χ2n) is 15.3. The summed E-state index contributed by atoms with van der Waals surface area (Å²) in [5.41, 5.74) is -3.95. The highest BCUT2D eigenvalue weighted by Crippen LogP contribution is 2.73. The van der Waals surface area contributed by atoms with Crippen molar-refractivity contribution in [3.63, 3.8) is 0 Å². The summed E-state index contributed by atoms with van der Waals surface area (Å²) >= 11 is -0.376. The fraction of sp³-hybridized carbons (Fsp3) is 0.703. The van der Waals surface area contributed by atoms with Gasteiger partial charge in [0.05, 0.1) is 5.41 Å². The summed E-state index contributed by atoms with van der Waals surface area (Å²) in [7, 11) is 0. The van der Waals surface area contributed by atoms with Crippen LogP contribution in [-0.2, 0) is 20.3 Å². The zero-order valence-electron chi connectivity index (χ0n) is 27.2. The summed E-state index contributed by atoms with van der Waals surface area (Å²) in [4.78, 5) is 13.8. The molecule has 0 spiro atoms. The molecule has 0 saturated heterocycles. The van der Waals surface area contributed by atoms with E-state index in [2.05, 4.69) is 34.3 Å². The quantitative estimate of drug-likeness (QED) is 0.184. The molecule has 0 aromatic heterocycles. The van der Waals surface area contributed by atoms with Gasteiger partial charge in [0.25, 0.3) is 0 Å². The Balaban J connectivity index is 0.00000123. The summed E-state index contributed by atoms with van der Waals surface area (Å²) in [5.74, 6) is 2.83. The van der Waals surface area contributed by atoms with Gasteiger partial charge in [0.1, 0.15) is 12.4 Å². The van der Waals surface area contributed by atoms with E-state index < -0.39 is 10.9 Å². The van der Waals surface area contributed by atoms with E-state index in [4.69, 9.17) is 8.92 Å². The van der Waals surface area contributed by atoms with Crippen LogP contribution in [0.4, 0.5) is 13.2 Å². The van der Waals surface area contributed by atoms with Crippen molar-refractivity contribution < 1.29 is 26.9 Å². The van der Waals surface area contributed by atoms with E-state index in [1.807, 2.05) is 43.3 Å². The van der Waals surface area contributed by atoms with Crippen molar-refractivity contribution in [2.45, 2.75) is 111 Å². The van der Waals surface area contributed by atoms with Crippen LogP contribution in [0.5, 0.6) is 0 Å². The molecule has 1 aromatic carbocycles. The highest BCUT2D eigenvalue weighted by Gasteiger charge is 2.67. The number of hydrogen-bond donors (Lipinski definition) is 0. The van der Waals surface area contributed by atoms with Crippen LogP contribution >= 0.6 is 12.0 Å². The minimum absolute atomic E-state index is 0.0219. The van der Waals surface area contributed by atoms with E-state index in [9.17, 15) is 18.0 Å². The maximum Gasteiger partial charge on any atom is 0.479 e. The Labute approximate surface area is 267 Å². The van der Waals surface area contributed by atoms with Crippen LogP contribution < -0.4 is 0 Å². The molecule has 8 unspecified atom stereocenters. The van der Waals surface area contributed by atoms with Gasteiger partial charge >= 0.3 is 11.5 Å². The smallest absolute Gasteiger partial charge is 0.460 e. The molecule has 0 radical (unpaired) electrons. The predicted octanol–water partition coefficient (Wildman–Crippen LogP) is 11.1.